The van der Waals surface area contributed by atoms with Crippen molar-refractivity contribution in [1.82, 2.24) is 41.2 Å². The molecule has 87 heavy (non-hydrogen) atoms. The second-order valence-corrected chi connectivity index (χ2v) is 32.4. The smallest absolute Gasteiger partial charge is 0.132 e. The fourth-order valence-corrected chi connectivity index (χ4v) is 22.4. The molecular formula is C70H85N9S8. The van der Waals surface area contributed by atoms with E-state index in [-0.39, 0.29) is 0 Å². The average molecular weight is 1310 g/mol. The Balaban J connectivity index is 0.856. The zero-order valence-electron chi connectivity index (χ0n) is 52.3. The molecule has 3 atom stereocenters. The molecule has 0 fully saturated rings. The van der Waals surface area contributed by atoms with E-state index in [1.807, 2.05) is 68.0 Å². The van der Waals surface area contributed by atoms with Crippen molar-refractivity contribution in [2.75, 3.05) is 0 Å². The number of unbranched alkanes of at least 4 members (excludes halogenated alkanes) is 9. The lowest BCUT2D eigenvalue weighted by atomic mass is 9.95. The number of hydrogen-bond acceptors (Lipinski definition) is 14. The van der Waals surface area contributed by atoms with Gasteiger partial charge in [0.15, 0.2) is 0 Å². The minimum absolute atomic E-state index is 0.570. The lowest BCUT2D eigenvalue weighted by Gasteiger charge is -2.16. The monoisotopic (exact) mass is 1310 g/mol. The molecule has 0 spiro atoms. The summed E-state index contributed by atoms with van der Waals surface area (Å²) in [5.41, 5.74) is 15.9. The highest BCUT2D eigenvalue weighted by atomic mass is 32.1. The van der Waals surface area contributed by atoms with Crippen molar-refractivity contribution < 1.29 is 0 Å². The molecule has 13 aromatic rings. The summed E-state index contributed by atoms with van der Waals surface area (Å²) in [6.45, 7) is 21.8. The molecule has 0 N–H and O–H groups in total. The molecule has 0 aliphatic rings. The highest BCUT2D eigenvalue weighted by Crippen LogP contribution is 2.51. The summed E-state index contributed by atoms with van der Waals surface area (Å²) >= 11 is 14.3. The van der Waals surface area contributed by atoms with Crippen LogP contribution in [-0.4, -0.2) is 41.2 Å². The molecule has 3 unspecified atom stereocenters. The van der Waals surface area contributed by atoms with Crippen molar-refractivity contribution in [3.8, 4) is 42.0 Å². The van der Waals surface area contributed by atoms with Crippen molar-refractivity contribution in [1.29, 1.82) is 0 Å². The normalized spacial score (nSPS) is 13.6. The number of nitrogens with zero attached hydrogens (tertiary/aromatic N) is 9. The molecular weight excluding hydrogens is 1220 g/mol. The third-order valence-corrected chi connectivity index (χ3v) is 27.3. The van der Waals surface area contributed by atoms with E-state index in [0.29, 0.717) is 5.92 Å². The van der Waals surface area contributed by atoms with Crippen LogP contribution in [0.25, 0.3) is 125 Å². The van der Waals surface area contributed by atoms with Crippen molar-refractivity contribution in [3.63, 3.8) is 0 Å². The summed E-state index contributed by atoms with van der Waals surface area (Å²) in [7, 11) is 0. The first-order valence-electron chi connectivity index (χ1n) is 33.2. The Kier molecular flexibility index (Phi) is 19.4. The Morgan fingerprint density at radius 3 is 1.13 bits per heavy atom. The molecule has 13 rings (SSSR count). The van der Waals surface area contributed by atoms with Crippen LogP contribution in [0.1, 0.15) is 194 Å². The number of aryl methyl sites for hydroxylation is 2. The minimum atomic E-state index is 0.570. The molecule has 458 valence electrons. The fraction of sp³-hybridized carbons (Fsp3) is 0.514. The number of pyridine rings is 2. The molecule has 0 saturated heterocycles. The van der Waals surface area contributed by atoms with Crippen LogP contribution in [0, 0.1) is 17.8 Å². The fourth-order valence-electron chi connectivity index (χ4n) is 13.6. The van der Waals surface area contributed by atoms with Gasteiger partial charge < -0.3 is 13.7 Å². The van der Waals surface area contributed by atoms with Gasteiger partial charge in [-0.25, -0.2) is 0 Å². The van der Waals surface area contributed by atoms with Gasteiger partial charge in [0.05, 0.1) is 94.5 Å². The summed E-state index contributed by atoms with van der Waals surface area (Å²) in [4.78, 5) is 18.6. The van der Waals surface area contributed by atoms with E-state index in [1.54, 1.807) is 9.75 Å². The van der Waals surface area contributed by atoms with Crippen LogP contribution in [-0.2, 0) is 32.5 Å². The standard InChI is InChI=1S/C70H85N9S8/c1-9-17-22-24-29-77-49-33-45(31-42(14-6)26-19-11-3)80-65(49)67-51(77)35-55(82-67)47-39-71-61(63-59(47)73-86-75-63)57-37-53-69(84-57)70-54(79(53)41-44(16-8)28-21-13-5)38-58(85-70)62-64-60(74-87-76-64)48(40-72-62)56-36-52-68(83-56)66-50(78(52)30-25-23-18-10-2)34-46(81-66)32-43(15-7)27-20-12-4/h33-40,42-44H,9-32,41H2,1-8H3. The highest BCUT2D eigenvalue weighted by Gasteiger charge is 2.28. The van der Waals surface area contributed by atoms with Crippen LogP contribution in [0.2, 0.25) is 0 Å². The van der Waals surface area contributed by atoms with Crippen LogP contribution in [0.4, 0.5) is 0 Å². The Morgan fingerprint density at radius 1 is 0.356 bits per heavy atom. The van der Waals surface area contributed by atoms with E-state index < -0.39 is 0 Å². The van der Waals surface area contributed by atoms with Crippen molar-refractivity contribution >= 4 is 175 Å². The summed E-state index contributed by atoms with van der Waals surface area (Å²) < 4.78 is 36.5. The second-order valence-electron chi connectivity index (χ2n) is 24.8. The number of aromatic nitrogens is 9. The van der Waals surface area contributed by atoms with Gasteiger partial charge in [-0.15, -0.1) is 68.0 Å². The molecule has 17 heteroatoms. The first kappa shape index (κ1) is 61.4. The summed E-state index contributed by atoms with van der Waals surface area (Å²) in [5, 5.41) is 0. The largest absolute Gasteiger partial charge is 0.339 e. The molecule has 0 aliphatic heterocycles. The van der Waals surface area contributed by atoms with Gasteiger partial charge in [-0.3, -0.25) is 9.97 Å². The van der Waals surface area contributed by atoms with Gasteiger partial charge in [0.1, 0.15) is 33.5 Å². The Morgan fingerprint density at radius 2 is 0.713 bits per heavy atom. The number of hydrogen-bond donors (Lipinski definition) is 0. The van der Waals surface area contributed by atoms with E-state index >= 15 is 0 Å². The maximum Gasteiger partial charge on any atom is 0.132 e. The Hall–Kier alpha value is -4.46. The highest BCUT2D eigenvalue weighted by molar-refractivity contribution is 7.31. The predicted molar refractivity (Wildman–Crippen MR) is 388 cm³/mol. The molecule has 0 aromatic carbocycles. The van der Waals surface area contributed by atoms with Gasteiger partial charge in [-0.2, -0.15) is 17.5 Å². The van der Waals surface area contributed by atoms with E-state index in [4.69, 9.17) is 27.5 Å². The number of thiophene rings is 6. The quantitative estimate of drug-likeness (QED) is 0.0390. The minimum Gasteiger partial charge on any atom is -0.339 e. The van der Waals surface area contributed by atoms with Crippen LogP contribution >= 0.6 is 91.5 Å². The lowest BCUT2D eigenvalue weighted by Crippen LogP contribution is -2.09. The molecule has 0 aliphatic carbocycles. The predicted octanol–water partition coefficient (Wildman–Crippen LogP) is 24.7. The molecule has 9 nitrogen and oxygen atoms in total. The number of rotatable bonds is 32. The van der Waals surface area contributed by atoms with Crippen LogP contribution in [0.15, 0.2) is 48.8 Å². The molecule has 0 radical (unpaired) electrons. The maximum atomic E-state index is 5.38. The topological polar surface area (TPSA) is 92.1 Å². The van der Waals surface area contributed by atoms with Gasteiger partial charge in [0.2, 0.25) is 0 Å². The first-order valence-corrected chi connectivity index (χ1v) is 39.5. The average Bonchev–Trinajstić information content (AvgIpc) is 1.63. The first-order chi connectivity index (χ1) is 42.8. The Bertz CT molecular complexity index is 4190. The molecule has 0 saturated carbocycles. The zero-order valence-corrected chi connectivity index (χ0v) is 58.9. The lowest BCUT2D eigenvalue weighted by molar-refractivity contribution is 0.401. The number of fused-ring (bicyclic) bond motifs is 11. The van der Waals surface area contributed by atoms with E-state index in [0.717, 1.165) is 92.2 Å². The van der Waals surface area contributed by atoms with Crippen LogP contribution < -0.4 is 0 Å². The van der Waals surface area contributed by atoms with Gasteiger partial charge in [0.25, 0.3) is 0 Å². The molecule has 13 aromatic heterocycles. The van der Waals surface area contributed by atoms with Gasteiger partial charge >= 0.3 is 0 Å². The maximum absolute atomic E-state index is 5.38. The third kappa shape index (κ3) is 12.0. The summed E-state index contributed by atoms with van der Waals surface area (Å²) in [5.74, 6) is 2.07. The van der Waals surface area contributed by atoms with Gasteiger partial charge in [-0.1, -0.05) is 165 Å². The van der Waals surface area contributed by atoms with Gasteiger partial charge in [-0.05, 0) is 86.3 Å². The molecule has 0 amide bonds. The van der Waals surface area contributed by atoms with E-state index in [2.05, 4.69) is 118 Å². The summed E-state index contributed by atoms with van der Waals surface area (Å²) in [6, 6.07) is 14.8. The van der Waals surface area contributed by atoms with Gasteiger partial charge in [0, 0.05) is 62.7 Å². The molecule has 0 bridgehead atoms. The SMILES string of the molecule is CCCCCCn1c2cc(CC(CC)CCCC)sc2c2sc(-c3cnc(-c4cc5c(s4)c4sc(-c6ncc(-c7cc8c(s7)c7sc(CC(CC)CCCC)cc7n8CCCCCC)c7nsnc67)cc4n5CC(CC)CCCC)c4nsnc34)cc21. The summed E-state index contributed by atoms with van der Waals surface area (Å²) in [6.07, 6.45) is 31.7. The van der Waals surface area contributed by atoms with Crippen molar-refractivity contribution in [2.24, 2.45) is 17.8 Å². The Labute approximate surface area is 546 Å². The molecule has 13 heterocycles. The zero-order chi connectivity index (χ0) is 59.7. The second kappa shape index (κ2) is 27.6. The van der Waals surface area contributed by atoms with Crippen LogP contribution in [0.3, 0.4) is 0 Å². The van der Waals surface area contributed by atoms with E-state index in [1.165, 1.54) is 229 Å². The van der Waals surface area contributed by atoms with E-state index in [9.17, 15) is 0 Å². The third-order valence-electron chi connectivity index (χ3n) is 18.8. The van der Waals surface area contributed by atoms with Crippen molar-refractivity contribution in [2.45, 2.75) is 216 Å². The van der Waals surface area contributed by atoms with Crippen LogP contribution in [0.5, 0.6) is 0 Å². The van der Waals surface area contributed by atoms with Crippen molar-refractivity contribution in [3.05, 3.63) is 58.5 Å².